The fraction of sp³-hybridized carbons (Fsp3) is 0.312. The molecule has 3 nitrogen and oxygen atoms in total. The number of hydrogen-bond acceptors (Lipinski definition) is 3. The Hall–Kier alpha value is -1.39. The molecule has 106 valence electrons. The van der Waals surface area contributed by atoms with E-state index < -0.39 is 0 Å². The number of rotatable bonds is 5. The first kappa shape index (κ1) is 15.0. The molecule has 4 heteroatoms. The van der Waals surface area contributed by atoms with Gasteiger partial charge in [-0.15, -0.1) is 0 Å². The molecule has 0 spiro atoms. The van der Waals surface area contributed by atoms with Gasteiger partial charge in [0.05, 0.1) is 0 Å². The molecule has 0 bridgehead atoms. The Bertz CT molecular complexity index is 584. The highest BCUT2D eigenvalue weighted by Crippen LogP contribution is 2.30. The maximum absolute atomic E-state index is 4.62. The second kappa shape index (κ2) is 6.86. The molecular formula is C16H20BrN3. The van der Waals surface area contributed by atoms with E-state index in [1.165, 1.54) is 16.8 Å². The summed E-state index contributed by atoms with van der Waals surface area (Å²) < 4.78 is 1.01. The van der Waals surface area contributed by atoms with Crippen LogP contribution in [0.2, 0.25) is 0 Å². The first-order chi connectivity index (χ1) is 9.67. The van der Waals surface area contributed by atoms with Gasteiger partial charge in [-0.05, 0) is 54.5 Å². The van der Waals surface area contributed by atoms with E-state index in [0.717, 1.165) is 23.4 Å². The first-order valence-electron chi connectivity index (χ1n) is 6.79. The summed E-state index contributed by atoms with van der Waals surface area (Å²) in [6.45, 7) is 5.97. The minimum Gasteiger partial charge on any atom is -0.326 e. The van der Waals surface area contributed by atoms with Crippen molar-refractivity contribution in [2.75, 3.05) is 18.5 Å². The van der Waals surface area contributed by atoms with Gasteiger partial charge in [0, 0.05) is 35.0 Å². The van der Waals surface area contributed by atoms with E-state index in [9.17, 15) is 0 Å². The van der Waals surface area contributed by atoms with E-state index in [1.54, 1.807) is 0 Å². The molecule has 0 saturated heterocycles. The number of aryl methyl sites for hydroxylation is 1. The number of nitrogens with zero attached hydrogens (tertiary/aromatic N) is 2. The molecule has 0 radical (unpaired) electrons. The Morgan fingerprint density at radius 2 is 2.05 bits per heavy atom. The summed E-state index contributed by atoms with van der Waals surface area (Å²) in [5.41, 5.74) is 3.66. The lowest BCUT2D eigenvalue weighted by Gasteiger charge is -2.26. The molecule has 0 aliphatic carbocycles. The molecule has 0 saturated carbocycles. The van der Waals surface area contributed by atoms with Gasteiger partial charge >= 0.3 is 0 Å². The van der Waals surface area contributed by atoms with Crippen molar-refractivity contribution in [1.29, 1.82) is 0 Å². The molecule has 0 atom stereocenters. The molecule has 1 aromatic heterocycles. The predicted octanol–water partition coefficient (Wildman–Crippen LogP) is 4.03. The van der Waals surface area contributed by atoms with Gasteiger partial charge in [0.1, 0.15) is 5.82 Å². The molecule has 20 heavy (non-hydrogen) atoms. The van der Waals surface area contributed by atoms with Crippen molar-refractivity contribution in [3.05, 3.63) is 52.1 Å². The molecule has 0 amide bonds. The Morgan fingerprint density at radius 3 is 2.70 bits per heavy atom. The maximum Gasteiger partial charge on any atom is 0.137 e. The summed E-state index contributed by atoms with van der Waals surface area (Å²) >= 11 is 3.50. The van der Waals surface area contributed by atoms with Crippen LogP contribution in [0.25, 0.3) is 0 Å². The van der Waals surface area contributed by atoms with Crippen molar-refractivity contribution >= 4 is 27.4 Å². The van der Waals surface area contributed by atoms with Crippen LogP contribution in [0.15, 0.2) is 41.0 Å². The summed E-state index contributed by atoms with van der Waals surface area (Å²) in [6.07, 6.45) is 1.86. The van der Waals surface area contributed by atoms with E-state index in [1.807, 2.05) is 13.2 Å². The second-order valence-electron chi connectivity index (χ2n) is 4.70. The smallest absolute Gasteiger partial charge is 0.137 e. The van der Waals surface area contributed by atoms with Gasteiger partial charge in [0.25, 0.3) is 0 Å². The zero-order valence-corrected chi connectivity index (χ0v) is 13.7. The minimum absolute atomic E-state index is 0.796. The molecule has 0 unspecified atom stereocenters. The van der Waals surface area contributed by atoms with Crippen LogP contribution in [-0.2, 0) is 6.54 Å². The van der Waals surface area contributed by atoms with Crippen molar-refractivity contribution in [3.8, 4) is 0 Å². The van der Waals surface area contributed by atoms with Crippen molar-refractivity contribution in [2.24, 2.45) is 0 Å². The summed E-state index contributed by atoms with van der Waals surface area (Å²) in [5, 5.41) is 3.21. The molecule has 1 aromatic carbocycles. The number of halogens is 1. The van der Waals surface area contributed by atoms with E-state index in [2.05, 4.69) is 75.3 Å². The summed E-state index contributed by atoms with van der Waals surface area (Å²) in [4.78, 5) is 6.88. The molecule has 0 aliphatic rings. The van der Waals surface area contributed by atoms with Crippen LogP contribution in [0.1, 0.15) is 18.1 Å². The molecule has 2 aromatic rings. The second-order valence-corrected chi connectivity index (χ2v) is 5.61. The molecule has 0 fully saturated rings. The average Bonchev–Trinajstić information content (AvgIpc) is 2.44. The van der Waals surface area contributed by atoms with Crippen molar-refractivity contribution in [2.45, 2.75) is 20.4 Å². The number of aromatic nitrogens is 1. The van der Waals surface area contributed by atoms with Crippen LogP contribution in [-0.4, -0.2) is 18.6 Å². The van der Waals surface area contributed by atoms with Gasteiger partial charge < -0.3 is 10.2 Å². The third-order valence-corrected chi connectivity index (χ3v) is 3.69. The molecule has 0 aliphatic heterocycles. The zero-order chi connectivity index (χ0) is 14.5. The summed E-state index contributed by atoms with van der Waals surface area (Å²) in [6, 6.07) is 10.5. The van der Waals surface area contributed by atoms with Gasteiger partial charge in [0.15, 0.2) is 0 Å². The number of benzene rings is 1. The topological polar surface area (TPSA) is 28.2 Å². The molecule has 1 heterocycles. The van der Waals surface area contributed by atoms with E-state index in [-0.39, 0.29) is 0 Å². The van der Waals surface area contributed by atoms with E-state index >= 15 is 0 Å². The van der Waals surface area contributed by atoms with Crippen LogP contribution < -0.4 is 10.2 Å². The number of nitrogens with one attached hydrogen (secondary N) is 1. The van der Waals surface area contributed by atoms with Crippen LogP contribution in [0.3, 0.4) is 0 Å². The predicted molar refractivity (Wildman–Crippen MR) is 88.6 cm³/mol. The highest BCUT2D eigenvalue weighted by atomic mass is 79.9. The Balaban J connectivity index is 2.49. The molecule has 1 N–H and O–H groups in total. The Morgan fingerprint density at radius 1 is 1.30 bits per heavy atom. The van der Waals surface area contributed by atoms with Gasteiger partial charge in [-0.3, -0.25) is 0 Å². The fourth-order valence-corrected chi connectivity index (χ4v) is 2.72. The molecule has 2 rings (SSSR count). The zero-order valence-electron chi connectivity index (χ0n) is 12.2. The van der Waals surface area contributed by atoms with Gasteiger partial charge in [-0.2, -0.15) is 0 Å². The van der Waals surface area contributed by atoms with Crippen LogP contribution in [0.4, 0.5) is 11.5 Å². The third-order valence-electron chi connectivity index (χ3n) is 3.25. The van der Waals surface area contributed by atoms with Crippen molar-refractivity contribution in [3.63, 3.8) is 0 Å². The third kappa shape index (κ3) is 3.19. The standard InChI is InChI=1S/C16H20BrN3/c1-4-20(15-8-6-5-7-12(15)2)16-13(10-18-3)9-14(17)11-19-16/h5-9,11,18H,4,10H2,1-3H3. The van der Waals surface area contributed by atoms with E-state index in [0.29, 0.717) is 0 Å². The van der Waals surface area contributed by atoms with Crippen molar-refractivity contribution < 1.29 is 0 Å². The van der Waals surface area contributed by atoms with Crippen LogP contribution in [0, 0.1) is 6.92 Å². The van der Waals surface area contributed by atoms with E-state index in [4.69, 9.17) is 0 Å². The average molecular weight is 334 g/mol. The first-order valence-corrected chi connectivity index (χ1v) is 7.58. The normalized spacial score (nSPS) is 10.6. The number of anilines is 2. The van der Waals surface area contributed by atoms with Crippen LogP contribution in [0.5, 0.6) is 0 Å². The maximum atomic E-state index is 4.62. The largest absolute Gasteiger partial charge is 0.326 e. The molecular weight excluding hydrogens is 314 g/mol. The number of hydrogen-bond donors (Lipinski definition) is 1. The van der Waals surface area contributed by atoms with Crippen molar-refractivity contribution in [1.82, 2.24) is 10.3 Å². The SMILES string of the molecule is CCN(c1ccccc1C)c1ncc(Br)cc1CNC. The number of para-hydroxylation sites is 1. The highest BCUT2D eigenvalue weighted by Gasteiger charge is 2.15. The highest BCUT2D eigenvalue weighted by molar-refractivity contribution is 9.10. The lowest BCUT2D eigenvalue weighted by Crippen LogP contribution is -2.21. The Labute approximate surface area is 129 Å². The number of pyridine rings is 1. The monoisotopic (exact) mass is 333 g/mol. The minimum atomic E-state index is 0.796. The lowest BCUT2D eigenvalue weighted by atomic mass is 10.1. The van der Waals surface area contributed by atoms with Crippen LogP contribution >= 0.6 is 15.9 Å². The fourth-order valence-electron chi connectivity index (χ4n) is 2.34. The summed E-state index contributed by atoms with van der Waals surface area (Å²) in [7, 11) is 1.95. The van der Waals surface area contributed by atoms with Gasteiger partial charge in [0.2, 0.25) is 0 Å². The van der Waals surface area contributed by atoms with Gasteiger partial charge in [-0.25, -0.2) is 4.98 Å². The lowest BCUT2D eigenvalue weighted by molar-refractivity contribution is 0.805. The quantitative estimate of drug-likeness (QED) is 0.895. The van der Waals surface area contributed by atoms with Gasteiger partial charge in [-0.1, -0.05) is 18.2 Å². The Kier molecular flexibility index (Phi) is 5.15. The summed E-state index contributed by atoms with van der Waals surface area (Å²) in [5.74, 6) is 1.01.